The van der Waals surface area contributed by atoms with Gasteiger partial charge in [-0.3, -0.25) is 10.1 Å². The van der Waals surface area contributed by atoms with Crippen LogP contribution in [-0.4, -0.2) is 11.5 Å². The highest BCUT2D eigenvalue weighted by molar-refractivity contribution is 5.60. The fourth-order valence-corrected chi connectivity index (χ4v) is 1.52. The highest BCUT2D eigenvalue weighted by Gasteiger charge is 2.10. The zero-order valence-corrected chi connectivity index (χ0v) is 9.77. The average Bonchev–Trinajstić information content (AvgIpc) is 2.24. The summed E-state index contributed by atoms with van der Waals surface area (Å²) in [6, 6.07) is 6.74. The zero-order valence-electron chi connectivity index (χ0n) is 9.77. The maximum absolute atomic E-state index is 10.7. The van der Waals surface area contributed by atoms with Crippen LogP contribution in [0.15, 0.2) is 24.3 Å². The largest absolute Gasteiger partial charge is 0.379 e. The van der Waals surface area contributed by atoms with Crippen molar-refractivity contribution in [2.45, 2.75) is 26.7 Å². The summed E-state index contributed by atoms with van der Waals surface area (Å²) in [5, 5.41) is 13.8. The molecule has 1 rings (SSSR count). The van der Waals surface area contributed by atoms with Crippen LogP contribution < -0.4 is 5.32 Å². The summed E-state index contributed by atoms with van der Waals surface area (Å²) in [4.78, 5) is 10.4. The highest BCUT2D eigenvalue weighted by atomic mass is 16.6. The lowest BCUT2D eigenvalue weighted by Crippen LogP contribution is -2.05. The number of nitro groups is 1. The first-order chi connectivity index (χ1) is 7.61. The van der Waals surface area contributed by atoms with E-state index < -0.39 is 0 Å². The average molecular weight is 222 g/mol. The topological polar surface area (TPSA) is 55.2 Å². The van der Waals surface area contributed by atoms with Gasteiger partial charge in [0.1, 0.15) is 5.69 Å². The maximum Gasteiger partial charge on any atom is 0.292 e. The Morgan fingerprint density at radius 1 is 1.38 bits per heavy atom. The molecule has 0 saturated carbocycles. The van der Waals surface area contributed by atoms with Gasteiger partial charge in [0.2, 0.25) is 0 Å². The van der Waals surface area contributed by atoms with Crippen LogP contribution in [0, 0.1) is 16.0 Å². The summed E-state index contributed by atoms with van der Waals surface area (Å²) < 4.78 is 0. The van der Waals surface area contributed by atoms with Gasteiger partial charge in [-0.05, 0) is 24.8 Å². The molecule has 4 heteroatoms. The Bertz CT molecular complexity index is 351. The van der Waals surface area contributed by atoms with Crippen molar-refractivity contribution < 1.29 is 4.92 Å². The first kappa shape index (κ1) is 12.5. The van der Waals surface area contributed by atoms with E-state index in [1.165, 1.54) is 6.07 Å². The van der Waals surface area contributed by atoms with E-state index in [1.54, 1.807) is 18.2 Å². The molecular weight excluding hydrogens is 204 g/mol. The van der Waals surface area contributed by atoms with Gasteiger partial charge in [-0.25, -0.2) is 0 Å². The van der Waals surface area contributed by atoms with Gasteiger partial charge < -0.3 is 5.32 Å². The number of anilines is 1. The summed E-state index contributed by atoms with van der Waals surface area (Å²) >= 11 is 0. The van der Waals surface area contributed by atoms with Crippen LogP contribution in [-0.2, 0) is 0 Å². The number of hydrogen-bond donors (Lipinski definition) is 1. The Morgan fingerprint density at radius 2 is 2.06 bits per heavy atom. The van der Waals surface area contributed by atoms with Gasteiger partial charge in [-0.1, -0.05) is 26.0 Å². The molecule has 0 radical (unpaired) electrons. The third-order valence-electron chi connectivity index (χ3n) is 2.37. The van der Waals surface area contributed by atoms with Crippen molar-refractivity contribution in [3.8, 4) is 0 Å². The second-order valence-corrected chi connectivity index (χ2v) is 4.24. The normalized spacial score (nSPS) is 10.4. The number of nitro benzene ring substituents is 1. The van der Waals surface area contributed by atoms with Crippen LogP contribution in [0.25, 0.3) is 0 Å². The van der Waals surface area contributed by atoms with Gasteiger partial charge in [-0.2, -0.15) is 0 Å². The van der Waals surface area contributed by atoms with Gasteiger partial charge in [-0.15, -0.1) is 0 Å². The predicted octanol–water partition coefficient (Wildman–Crippen LogP) is 3.44. The van der Waals surface area contributed by atoms with E-state index in [2.05, 4.69) is 19.2 Å². The van der Waals surface area contributed by atoms with Gasteiger partial charge in [0.15, 0.2) is 0 Å². The SMILES string of the molecule is CC(C)CCCNc1ccccc1[N+](=O)[O-]. The molecule has 0 amide bonds. The first-order valence-corrected chi connectivity index (χ1v) is 5.58. The molecule has 4 nitrogen and oxygen atoms in total. The van der Waals surface area contributed by atoms with E-state index in [4.69, 9.17) is 0 Å². The fourth-order valence-electron chi connectivity index (χ4n) is 1.52. The Kier molecular flexibility index (Phi) is 4.76. The van der Waals surface area contributed by atoms with E-state index in [0.29, 0.717) is 11.6 Å². The van der Waals surface area contributed by atoms with Crippen LogP contribution in [0.3, 0.4) is 0 Å². The molecule has 0 unspecified atom stereocenters. The van der Waals surface area contributed by atoms with Crippen LogP contribution in [0.1, 0.15) is 26.7 Å². The number of nitrogens with one attached hydrogen (secondary N) is 1. The second kappa shape index (κ2) is 6.10. The molecule has 0 bridgehead atoms. The summed E-state index contributed by atoms with van der Waals surface area (Å²) in [5.41, 5.74) is 0.753. The second-order valence-electron chi connectivity index (χ2n) is 4.24. The first-order valence-electron chi connectivity index (χ1n) is 5.58. The molecule has 0 saturated heterocycles. The Labute approximate surface area is 95.8 Å². The lowest BCUT2D eigenvalue weighted by atomic mass is 10.1. The van der Waals surface area contributed by atoms with Crippen LogP contribution in [0.2, 0.25) is 0 Å². The predicted molar refractivity (Wildman–Crippen MR) is 65.7 cm³/mol. The van der Waals surface area contributed by atoms with E-state index in [1.807, 2.05) is 0 Å². The van der Waals surface area contributed by atoms with Gasteiger partial charge in [0, 0.05) is 12.6 Å². The molecule has 88 valence electrons. The number of benzene rings is 1. The van der Waals surface area contributed by atoms with Crippen molar-refractivity contribution in [2.24, 2.45) is 5.92 Å². The minimum absolute atomic E-state index is 0.145. The van der Waals surface area contributed by atoms with Gasteiger partial charge in [0.05, 0.1) is 4.92 Å². The minimum Gasteiger partial charge on any atom is -0.379 e. The molecule has 0 aliphatic rings. The summed E-state index contributed by atoms with van der Waals surface area (Å²) in [7, 11) is 0. The molecular formula is C12H18N2O2. The smallest absolute Gasteiger partial charge is 0.292 e. The molecule has 0 fully saturated rings. The molecule has 0 aliphatic carbocycles. The highest BCUT2D eigenvalue weighted by Crippen LogP contribution is 2.23. The Hall–Kier alpha value is -1.58. The van der Waals surface area contributed by atoms with Crippen molar-refractivity contribution in [1.82, 2.24) is 0 Å². The fraction of sp³-hybridized carbons (Fsp3) is 0.500. The number of nitrogens with zero attached hydrogens (tertiary/aromatic N) is 1. The van der Waals surface area contributed by atoms with E-state index >= 15 is 0 Å². The lowest BCUT2D eigenvalue weighted by molar-refractivity contribution is -0.384. The molecule has 1 N–H and O–H groups in total. The standard InChI is InChI=1S/C12H18N2O2/c1-10(2)6-5-9-13-11-7-3-4-8-12(11)14(15)16/h3-4,7-8,10,13H,5-6,9H2,1-2H3. The lowest BCUT2D eigenvalue weighted by Gasteiger charge is -2.07. The van der Waals surface area contributed by atoms with Crippen molar-refractivity contribution in [2.75, 3.05) is 11.9 Å². The van der Waals surface area contributed by atoms with Crippen LogP contribution in [0.4, 0.5) is 11.4 Å². The monoisotopic (exact) mass is 222 g/mol. The third kappa shape index (κ3) is 3.88. The molecule has 0 heterocycles. The van der Waals surface area contributed by atoms with Gasteiger partial charge >= 0.3 is 0 Å². The Balaban J connectivity index is 2.50. The summed E-state index contributed by atoms with van der Waals surface area (Å²) in [6.45, 7) is 5.12. The Morgan fingerprint density at radius 3 is 2.69 bits per heavy atom. The molecule has 1 aromatic carbocycles. The third-order valence-corrected chi connectivity index (χ3v) is 2.37. The summed E-state index contributed by atoms with van der Waals surface area (Å²) in [6.07, 6.45) is 2.16. The van der Waals surface area contributed by atoms with Crippen molar-refractivity contribution in [3.05, 3.63) is 34.4 Å². The van der Waals surface area contributed by atoms with E-state index in [-0.39, 0.29) is 10.6 Å². The molecule has 0 spiro atoms. The number of rotatable bonds is 6. The van der Waals surface area contributed by atoms with Gasteiger partial charge in [0.25, 0.3) is 5.69 Å². The van der Waals surface area contributed by atoms with Crippen LogP contribution >= 0.6 is 0 Å². The quantitative estimate of drug-likeness (QED) is 0.455. The molecule has 0 atom stereocenters. The zero-order chi connectivity index (χ0) is 12.0. The molecule has 1 aromatic rings. The summed E-state index contributed by atoms with van der Waals surface area (Å²) in [5.74, 6) is 0.674. The van der Waals surface area contributed by atoms with Crippen molar-refractivity contribution >= 4 is 11.4 Å². The minimum atomic E-state index is -0.356. The maximum atomic E-state index is 10.7. The van der Waals surface area contributed by atoms with E-state index in [9.17, 15) is 10.1 Å². The molecule has 16 heavy (non-hydrogen) atoms. The van der Waals surface area contributed by atoms with Crippen LogP contribution in [0.5, 0.6) is 0 Å². The van der Waals surface area contributed by atoms with E-state index in [0.717, 1.165) is 19.4 Å². The van der Waals surface area contributed by atoms with Crippen molar-refractivity contribution in [1.29, 1.82) is 0 Å². The number of para-hydroxylation sites is 2. The van der Waals surface area contributed by atoms with Crippen molar-refractivity contribution in [3.63, 3.8) is 0 Å². The number of hydrogen-bond acceptors (Lipinski definition) is 3. The molecule has 0 aromatic heterocycles. The molecule has 0 aliphatic heterocycles.